The number of hydrogen-bond acceptors (Lipinski definition) is 3. The van der Waals surface area contributed by atoms with Gasteiger partial charge in [-0.2, -0.15) is 0 Å². The summed E-state index contributed by atoms with van der Waals surface area (Å²) in [7, 11) is 3.66. The lowest BCUT2D eigenvalue weighted by Gasteiger charge is -2.34. The van der Waals surface area contributed by atoms with Crippen molar-refractivity contribution in [2.45, 2.75) is 38.8 Å². The largest absolute Gasteiger partial charge is 0.347 e. The van der Waals surface area contributed by atoms with E-state index in [1.807, 2.05) is 21.0 Å². The lowest BCUT2D eigenvalue weighted by Crippen LogP contribution is -2.50. The van der Waals surface area contributed by atoms with Gasteiger partial charge >= 0.3 is 0 Å². The highest BCUT2D eigenvalue weighted by molar-refractivity contribution is 5.81. The van der Waals surface area contributed by atoms with Crippen LogP contribution < -0.4 is 5.32 Å². The molecule has 1 fully saturated rings. The molecule has 1 rings (SSSR count). The first kappa shape index (κ1) is 13.5. The quantitative estimate of drug-likeness (QED) is 0.744. The molecule has 0 bridgehead atoms. The Labute approximate surface area is 99.0 Å². The van der Waals surface area contributed by atoms with Gasteiger partial charge in [-0.05, 0) is 32.9 Å². The van der Waals surface area contributed by atoms with Gasteiger partial charge in [-0.1, -0.05) is 6.92 Å². The number of amides is 1. The van der Waals surface area contributed by atoms with Crippen LogP contribution in [-0.4, -0.2) is 61.5 Å². The van der Waals surface area contributed by atoms with Gasteiger partial charge < -0.3 is 10.2 Å². The third-order valence-corrected chi connectivity index (χ3v) is 3.28. The summed E-state index contributed by atoms with van der Waals surface area (Å²) in [5, 5.41) is 3.37. The Morgan fingerprint density at radius 2 is 2.19 bits per heavy atom. The van der Waals surface area contributed by atoms with Gasteiger partial charge in [0.15, 0.2) is 0 Å². The Hall–Kier alpha value is -0.610. The molecule has 0 aromatic carbocycles. The van der Waals surface area contributed by atoms with E-state index in [-0.39, 0.29) is 11.9 Å². The second-order valence-electron chi connectivity index (χ2n) is 4.79. The van der Waals surface area contributed by atoms with Crippen molar-refractivity contribution in [2.75, 3.05) is 33.7 Å². The molecule has 0 aliphatic carbocycles. The second kappa shape index (κ2) is 6.21. The predicted molar refractivity (Wildman–Crippen MR) is 66.4 cm³/mol. The van der Waals surface area contributed by atoms with Crippen LogP contribution in [0.15, 0.2) is 0 Å². The van der Waals surface area contributed by atoms with E-state index < -0.39 is 0 Å². The van der Waals surface area contributed by atoms with Crippen LogP contribution in [0.2, 0.25) is 0 Å². The van der Waals surface area contributed by atoms with Crippen molar-refractivity contribution in [1.29, 1.82) is 0 Å². The van der Waals surface area contributed by atoms with Gasteiger partial charge in [0.05, 0.1) is 6.04 Å². The maximum Gasteiger partial charge on any atom is 0.239 e. The number of carbonyl (C=O) groups is 1. The normalized spacial score (nSPS) is 22.4. The Morgan fingerprint density at radius 3 is 2.62 bits per heavy atom. The van der Waals surface area contributed by atoms with Crippen LogP contribution >= 0.6 is 0 Å². The highest BCUT2D eigenvalue weighted by atomic mass is 16.2. The standard InChI is InChI=1S/C12H25N3O/c1-5-8-15(11-6-7-13-9-11)10(2)12(16)14(3)4/h10-11,13H,5-9H2,1-4H3. The Bertz CT molecular complexity index is 224. The number of hydrogen-bond donors (Lipinski definition) is 1. The molecule has 1 amide bonds. The van der Waals surface area contributed by atoms with Gasteiger partial charge in [-0.15, -0.1) is 0 Å². The van der Waals surface area contributed by atoms with E-state index in [1.165, 1.54) is 0 Å². The number of carbonyl (C=O) groups excluding carboxylic acids is 1. The van der Waals surface area contributed by atoms with Crippen LogP contribution in [0, 0.1) is 0 Å². The summed E-state index contributed by atoms with van der Waals surface area (Å²) in [4.78, 5) is 16.0. The zero-order valence-corrected chi connectivity index (χ0v) is 11.0. The van der Waals surface area contributed by atoms with Crippen LogP contribution in [0.3, 0.4) is 0 Å². The van der Waals surface area contributed by atoms with E-state index in [0.717, 1.165) is 32.5 Å². The molecule has 0 saturated carbocycles. The summed E-state index contributed by atoms with van der Waals surface area (Å²) in [6, 6.07) is 0.527. The van der Waals surface area contributed by atoms with Crippen molar-refractivity contribution in [3.8, 4) is 0 Å². The SMILES string of the molecule is CCCN(C1CCNC1)C(C)C(=O)N(C)C. The molecule has 2 atom stereocenters. The maximum atomic E-state index is 12.0. The van der Waals surface area contributed by atoms with E-state index in [9.17, 15) is 4.79 Å². The highest BCUT2D eigenvalue weighted by Gasteiger charge is 2.29. The number of nitrogens with zero attached hydrogens (tertiary/aromatic N) is 2. The molecule has 0 aromatic heterocycles. The average molecular weight is 227 g/mol. The van der Waals surface area contributed by atoms with Crippen LogP contribution in [0.1, 0.15) is 26.7 Å². The summed E-state index contributed by atoms with van der Waals surface area (Å²) in [6.45, 7) is 7.30. The van der Waals surface area contributed by atoms with E-state index in [0.29, 0.717) is 6.04 Å². The molecule has 1 N–H and O–H groups in total. The molecule has 2 unspecified atom stereocenters. The van der Waals surface area contributed by atoms with Gasteiger partial charge in [0.2, 0.25) is 5.91 Å². The van der Waals surface area contributed by atoms with Crippen LogP contribution in [0.5, 0.6) is 0 Å². The predicted octanol–water partition coefficient (Wildman–Crippen LogP) is 0.537. The molecule has 16 heavy (non-hydrogen) atoms. The van der Waals surface area contributed by atoms with Crippen molar-refractivity contribution in [1.82, 2.24) is 15.1 Å². The monoisotopic (exact) mass is 227 g/mol. The van der Waals surface area contributed by atoms with E-state index in [4.69, 9.17) is 0 Å². The molecule has 1 aliphatic heterocycles. The Balaban J connectivity index is 2.64. The second-order valence-corrected chi connectivity index (χ2v) is 4.79. The van der Waals surface area contributed by atoms with Crippen LogP contribution in [0.25, 0.3) is 0 Å². The van der Waals surface area contributed by atoms with Crippen molar-refractivity contribution in [3.63, 3.8) is 0 Å². The van der Waals surface area contributed by atoms with Crippen molar-refractivity contribution in [3.05, 3.63) is 0 Å². The molecule has 0 radical (unpaired) electrons. The first-order chi connectivity index (χ1) is 7.57. The van der Waals surface area contributed by atoms with Gasteiger partial charge in [-0.3, -0.25) is 9.69 Å². The molecule has 4 heteroatoms. The highest BCUT2D eigenvalue weighted by Crippen LogP contribution is 2.14. The zero-order chi connectivity index (χ0) is 12.1. The van der Waals surface area contributed by atoms with Crippen molar-refractivity contribution >= 4 is 5.91 Å². The molecule has 1 aliphatic rings. The maximum absolute atomic E-state index is 12.0. The van der Waals surface area contributed by atoms with Gasteiger partial charge in [0.25, 0.3) is 0 Å². The summed E-state index contributed by atoms with van der Waals surface area (Å²) < 4.78 is 0. The summed E-state index contributed by atoms with van der Waals surface area (Å²) >= 11 is 0. The first-order valence-electron chi connectivity index (χ1n) is 6.25. The van der Waals surface area contributed by atoms with E-state index in [2.05, 4.69) is 17.1 Å². The van der Waals surface area contributed by atoms with Crippen LogP contribution in [0.4, 0.5) is 0 Å². The molecule has 0 spiro atoms. The Kier molecular flexibility index (Phi) is 5.22. The molecular formula is C12H25N3O. The minimum absolute atomic E-state index is 0.000139. The number of nitrogens with one attached hydrogen (secondary N) is 1. The molecule has 1 heterocycles. The van der Waals surface area contributed by atoms with E-state index in [1.54, 1.807) is 4.90 Å². The number of likely N-dealkylation sites (N-methyl/N-ethyl adjacent to an activating group) is 1. The van der Waals surface area contributed by atoms with Gasteiger partial charge in [0.1, 0.15) is 0 Å². The van der Waals surface area contributed by atoms with Crippen molar-refractivity contribution in [2.24, 2.45) is 0 Å². The summed E-state index contributed by atoms with van der Waals surface area (Å²) in [6.07, 6.45) is 2.26. The third-order valence-electron chi connectivity index (χ3n) is 3.28. The minimum Gasteiger partial charge on any atom is -0.347 e. The number of rotatable bonds is 5. The zero-order valence-electron chi connectivity index (χ0n) is 11.0. The first-order valence-corrected chi connectivity index (χ1v) is 6.25. The molecule has 4 nitrogen and oxygen atoms in total. The third kappa shape index (κ3) is 3.19. The molecule has 1 saturated heterocycles. The fourth-order valence-corrected chi connectivity index (χ4v) is 2.39. The minimum atomic E-state index is -0.000139. The van der Waals surface area contributed by atoms with Gasteiger partial charge in [-0.25, -0.2) is 0 Å². The summed E-state index contributed by atoms with van der Waals surface area (Å²) in [5.74, 6) is 0.209. The fourth-order valence-electron chi connectivity index (χ4n) is 2.39. The average Bonchev–Trinajstić information content (AvgIpc) is 2.76. The summed E-state index contributed by atoms with van der Waals surface area (Å²) in [5.41, 5.74) is 0. The lowest BCUT2D eigenvalue weighted by atomic mass is 10.1. The molecular weight excluding hydrogens is 202 g/mol. The molecule has 0 aromatic rings. The smallest absolute Gasteiger partial charge is 0.239 e. The Morgan fingerprint density at radius 1 is 1.50 bits per heavy atom. The topological polar surface area (TPSA) is 35.6 Å². The lowest BCUT2D eigenvalue weighted by molar-refractivity contribution is -0.134. The van der Waals surface area contributed by atoms with Crippen LogP contribution in [-0.2, 0) is 4.79 Å². The van der Waals surface area contributed by atoms with Gasteiger partial charge in [0, 0.05) is 26.7 Å². The molecule has 94 valence electrons. The fraction of sp³-hybridized carbons (Fsp3) is 0.917. The van der Waals surface area contributed by atoms with E-state index >= 15 is 0 Å². The van der Waals surface area contributed by atoms with Crippen molar-refractivity contribution < 1.29 is 4.79 Å².